The Morgan fingerprint density at radius 3 is 2.82 bits per heavy atom. The van der Waals surface area contributed by atoms with Crippen molar-refractivity contribution in [2.24, 2.45) is 0 Å². The van der Waals surface area contributed by atoms with Crippen LogP contribution in [0.25, 0.3) is 10.9 Å². The Bertz CT molecular complexity index is 855. The molecule has 3 aromatic rings. The van der Waals surface area contributed by atoms with Crippen molar-refractivity contribution in [2.75, 3.05) is 5.32 Å². The van der Waals surface area contributed by atoms with Crippen molar-refractivity contribution in [1.29, 1.82) is 0 Å². The lowest BCUT2D eigenvalue weighted by Gasteiger charge is -2.09. The van der Waals surface area contributed by atoms with E-state index in [1.165, 1.54) is 22.0 Å². The Hall–Kier alpha value is -2.18. The molecule has 3 rings (SSSR count). The van der Waals surface area contributed by atoms with Crippen LogP contribution in [-0.2, 0) is 13.1 Å². The molecule has 0 amide bonds. The molecule has 0 radical (unpaired) electrons. The number of fused-ring (bicyclic) bond motifs is 1. The molecule has 0 aliphatic rings. The lowest BCUT2D eigenvalue weighted by atomic mass is 10.1. The second-order valence-electron chi connectivity index (χ2n) is 5.32. The smallest absolute Gasteiger partial charge is 0.0835 e. The molecule has 110 valence electrons. The van der Waals surface area contributed by atoms with E-state index in [0.717, 1.165) is 16.7 Å². The summed E-state index contributed by atoms with van der Waals surface area (Å²) in [4.78, 5) is 0. The van der Waals surface area contributed by atoms with Crippen LogP contribution in [0.2, 0.25) is 0 Å². The average Bonchev–Trinajstić information content (AvgIpc) is 2.85. The summed E-state index contributed by atoms with van der Waals surface area (Å²) < 4.78 is 3.22. The molecule has 0 spiro atoms. The first-order chi connectivity index (χ1) is 10.7. The first-order valence-corrected chi connectivity index (χ1v) is 7.98. The fourth-order valence-corrected chi connectivity index (χ4v) is 3.18. The molecule has 1 heterocycles. The summed E-state index contributed by atoms with van der Waals surface area (Å²) in [5.41, 5.74) is 4.82. The molecule has 0 atom stereocenters. The van der Waals surface area contributed by atoms with Crippen LogP contribution in [-0.4, -0.2) is 4.57 Å². The highest BCUT2D eigenvalue weighted by Crippen LogP contribution is 2.24. The molecule has 0 unspecified atom stereocenters. The van der Waals surface area contributed by atoms with Gasteiger partial charge in [-0.25, -0.2) is 0 Å². The molecule has 0 bridgehead atoms. The molecule has 0 aliphatic carbocycles. The minimum atomic E-state index is 0.595. The van der Waals surface area contributed by atoms with Gasteiger partial charge in [0.1, 0.15) is 0 Å². The Labute approximate surface area is 139 Å². The number of rotatable bonds is 4. The predicted octanol–water partition coefficient (Wildman–Crippen LogP) is 4.96. The Balaban J connectivity index is 1.89. The number of aromatic nitrogens is 1. The zero-order chi connectivity index (χ0) is 15.5. The van der Waals surface area contributed by atoms with Gasteiger partial charge in [0.25, 0.3) is 0 Å². The van der Waals surface area contributed by atoms with E-state index in [2.05, 4.69) is 81.3 Å². The van der Waals surface area contributed by atoms with E-state index >= 15 is 0 Å². The molecule has 0 aliphatic heterocycles. The van der Waals surface area contributed by atoms with E-state index in [9.17, 15) is 0 Å². The van der Waals surface area contributed by atoms with Gasteiger partial charge in [0.15, 0.2) is 0 Å². The van der Waals surface area contributed by atoms with Crippen LogP contribution >= 0.6 is 15.9 Å². The maximum atomic E-state index is 5.47. The first-order valence-electron chi connectivity index (χ1n) is 7.19. The van der Waals surface area contributed by atoms with E-state index in [1.54, 1.807) is 0 Å². The number of para-hydroxylation sites is 1. The van der Waals surface area contributed by atoms with E-state index in [4.69, 9.17) is 6.42 Å². The fourth-order valence-electron chi connectivity index (χ4n) is 2.71. The number of anilines is 1. The van der Waals surface area contributed by atoms with Crippen LogP contribution < -0.4 is 5.32 Å². The zero-order valence-electron chi connectivity index (χ0n) is 12.4. The van der Waals surface area contributed by atoms with E-state index < -0.39 is 0 Å². The molecule has 0 saturated heterocycles. The third-order valence-corrected chi connectivity index (χ3v) is 4.28. The van der Waals surface area contributed by atoms with Gasteiger partial charge in [-0.3, -0.25) is 0 Å². The van der Waals surface area contributed by atoms with Crippen molar-refractivity contribution in [3.8, 4) is 12.3 Å². The second kappa shape index (κ2) is 6.29. The van der Waals surface area contributed by atoms with E-state index in [0.29, 0.717) is 6.54 Å². The topological polar surface area (TPSA) is 17.0 Å². The number of hydrogen-bond acceptors (Lipinski definition) is 1. The molecule has 1 aromatic heterocycles. The van der Waals surface area contributed by atoms with Crippen LogP contribution in [0.4, 0.5) is 5.69 Å². The van der Waals surface area contributed by atoms with Crippen LogP contribution in [0, 0.1) is 19.3 Å². The second-order valence-corrected chi connectivity index (χ2v) is 6.23. The number of aryl methyl sites for hydroxylation is 1. The number of nitrogens with one attached hydrogen (secondary N) is 1. The summed E-state index contributed by atoms with van der Waals surface area (Å²) >= 11 is 3.50. The van der Waals surface area contributed by atoms with Crippen molar-refractivity contribution >= 4 is 32.5 Å². The number of hydrogen-bond donors (Lipinski definition) is 1. The standard InChI is InChI=1S/C19H17BrN2/c1-3-10-22-13-15(17-6-4-5-7-19(17)22)12-21-18-9-8-16(20)11-14(18)2/h1,4-9,11,13,21H,10,12H2,2H3. The number of benzene rings is 2. The molecular weight excluding hydrogens is 336 g/mol. The van der Waals surface area contributed by atoms with E-state index in [-0.39, 0.29) is 0 Å². The van der Waals surface area contributed by atoms with Gasteiger partial charge in [-0.15, -0.1) is 6.42 Å². The molecule has 2 nitrogen and oxygen atoms in total. The monoisotopic (exact) mass is 352 g/mol. The number of halogens is 1. The van der Waals surface area contributed by atoms with E-state index in [1.807, 2.05) is 6.07 Å². The van der Waals surface area contributed by atoms with Gasteiger partial charge >= 0.3 is 0 Å². The van der Waals surface area contributed by atoms with Crippen LogP contribution in [0.15, 0.2) is 53.1 Å². The Morgan fingerprint density at radius 2 is 2.05 bits per heavy atom. The summed E-state index contributed by atoms with van der Waals surface area (Å²) in [7, 11) is 0. The predicted molar refractivity (Wildman–Crippen MR) is 97.0 cm³/mol. The van der Waals surface area contributed by atoms with Crippen molar-refractivity contribution in [3.63, 3.8) is 0 Å². The highest BCUT2D eigenvalue weighted by molar-refractivity contribution is 9.10. The molecular formula is C19H17BrN2. The maximum Gasteiger partial charge on any atom is 0.0835 e. The summed E-state index contributed by atoms with van der Waals surface area (Å²) in [5.74, 6) is 2.72. The van der Waals surface area contributed by atoms with Gasteiger partial charge in [-0.1, -0.05) is 40.0 Å². The minimum Gasteiger partial charge on any atom is -0.381 e. The minimum absolute atomic E-state index is 0.595. The van der Waals surface area contributed by atoms with Crippen molar-refractivity contribution in [1.82, 2.24) is 4.57 Å². The molecule has 1 N–H and O–H groups in total. The summed E-state index contributed by atoms with van der Waals surface area (Å²) in [5, 5.41) is 4.77. The Kier molecular flexibility index (Phi) is 4.22. The lowest BCUT2D eigenvalue weighted by molar-refractivity contribution is 0.878. The quantitative estimate of drug-likeness (QED) is 0.656. The fraction of sp³-hybridized carbons (Fsp3) is 0.158. The number of nitrogens with zero attached hydrogens (tertiary/aromatic N) is 1. The molecule has 22 heavy (non-hydrogen) atoms. The summed E-state index contributed by atoms with van der Waals surface area (Å²) in [6, 6.07) is 14.6. The van der Waals surface area contributed by atoms with Crippen LogP contribution in [0.1, 0.15) is 11.1 Å². The zero-order valence-corrected chi connectivity index (χ0v) is 14.0. The van der Waals surface area contributed by atoms with Crippen LogP contribution in [0.3, 0.4) is 0 Å². The van der Waals surface area contributed by atoms with Crippen molar-refractivity contribution in [2.45, 2.75) is 20.0 Å². The molecule has 2 aromatic carbocycles. The van der Waals surface area contributed by atoms with Crippen LogP contribution in [0.5, 0.6) is 0 Å². The van der Waals surface area contributed by atoms with Gasteiger partial charge in [0, 0.05) is 33.8 Å². The largest absolute Gasteiger partial charge is 0.381 e. The Morgan fingerprint density at radius 1 is 1.23 bits per heavy atom. The number of terminal acetylenes is 1. The summed E-state index contributed by atoms with van der Waals surface area (Å²) in [6.45, 7) is 3.48. The third-order valence-electron chi connectivity index (χ3n) is 3.79. The van der Waals surface area contributed by atoms with Gasteiger partial charge in [-0.05, 0) is 42.3 Å². The van der Waals surface area contributed by atoms with Gasteiger partial charge in [0.2, 0.25) is 0 Å². The normalized spacial score (nSPS) is 10.6. The summed E-state index contributed by atoms with van der Waals surface area (Å²) in [6.07, 6.45) is 7.61. The van der Waals surface area contributed by atoms with Gasteiger partial charge in [0.05, 0.1) is 6.54 Å². The molecule has 3 heteroatoms. The van der Waals surface area contributed by atoms with Crippen molar-refractivity contribution in [3.05, 3.63) is 64.3 Å². The van der Waals surface area contributed by atoms with Crippen molar-refractivity contribution < 1.29 is 0 Å². The first kappa shape index (κ1) is 14.7. The molecule has 0 saturated carbocycles. The highest BCUT2D eigenvalue weighted by Gasteiger charge is 2.08. The third kappa shape index (κ3) is 2.88. The molecule has 0 fully saturated rings. The SMILES string of the molecule is C#CCn1cc(CNc2ccc(Br)cc2C)c2ccccc21. The maximum absolute atomic E-state index is 5.47. The lowest BCUT2D eigenvalue weighted by Crippen LogP contribution is -2.00. The highest BCUT2D eigenvalue weighted by atomic mass is 79.9. The average molecular weight is 353 g/mol. The van der Waals surface area contributed by atoms with Gasteiger partial charge in [-0.2, -0.15) is 0 Å². The van der Waals surface area contributed by atoms with Gasteiger partial charge < -0.3 is 9.88 Å².